The van der Waals surface area contributed by atoms with Crippen molar-refractivity contribution >= 4 is 76.9 Å². The zero-order valence-electron chi connectivity index (χ0n) is 68.4. The quantitative estimate of drug-likeness (QED) is 0.0213. The average Bonchev–Trinajstić information content (AvgIpc) is 0.790. The summed E-state index contributed by atoms with van der Waals surface area (Å²) in [6.45, 7) is 4.52. The van der Waals surface area contributed by atoms with Gasteiger partial charge in [0, 0.05) is 19.9 Å². The number of rotatable bonds is 52. The van der Waals surface area contributed by atoms with Crippen LogP contribution in [0.1, 0.15) is 156 Å². The number of likely N-dealkylation sites (N-methyl/N-ethyl adjacent to an activating group) is 1. The predicted molar refractivity (Wildman–Crippen MR) is 413 cm³/mol. The number of primary amides is 2. The second-order valence-corrected chi connectivity index (χ2v) is 30.1. The Bertz CT molecular complexity index is 3620. The van der Waals surface area contributed by atoms with Gasteiger partial charge in [0.25, 0.3) is 11.8 Å². The minimum absolute atomic E-state index is 0.187. The normalized spacial score (nSPS) is 25.8. The molecule has 0 aromatic heterocycles. The van der Waals surface area contributed by atoms with E-state index < -0.39 is 299 Å². The molecule has 122 heavy (non-hydrogen) atoms. The number of carbonyl (C=O) groups is 13. The van der Waals surface area contributed by atoms with Crippen LogP contribution in [-0.2, 0) is 90.8 Å². The van der Waals surface area contributed by atoms with Gasteiger partial charge in [-0.15, -0.1) is 0 Å². The van der Waals surface area contributed by atoms with Crippen molar-refractivity contribution < 1.29 is 178 Å². The van der Waals surface area contributed by atoms with E-state index in [-0.39, 0.29) is 24.2 Å². The fraction of sp³-hybridized carbons (Fsp3) is 0.720. The maximum Gasteiger partial charge on any atom is 0.335 e. The molecule has 0 bridgehead atoms. The fourth-order valence-corrected chi connectivity index (χ4v) is 13.2. The van der Waals surface area contributed by atoms with Crippen LogP contribution in [-0.4, -0.2) is 360 Å². The molecule has 0 aliphatic carbocycles. The van der Waals surface area contributed by atoms with Crippen LogP contribution in [0.3, 0.4) is 0 Å². The number of amides is 11. The molecule has 1 aromatic rings. The monoisotopic (exact) mass is 1750 g/mol. The molecule has 11 amide bonds. The van der Waals surface area contributed by atoms with Gasteiger partial charge in [-0.05, 0) is 71.6 Å². The summed E-state index contributed by atoms with van der Waals surface area (Å²) in [5, 5.41) is 198. The highest BCUT2D eigenvalue weighted by Gasteiger charge is 2.53. The number of phenols is 1. The molecule has 0 radical (unpaired) electrons. The lowest BCUT2D eigenvalue weighted by Gasteiger charge is -2.44. The molecule has 0 spiro atoms. The molecule has 3 heterocycles. The van der Waals surface area contributed by atoms with Gasteiger partial charge in [-0.1, -0.05) is 95.8 Å². The average molecular weight is 1750 g/mol. The number of nitrogens with one attached hydrogen (secondary N) is 8. The Morgan fingerprint density at radius 2 is 1.04 bits per heavy atom. The molecule has 29 N–H and O–H groups in total. The molecule has 3 fully saturated rings. The number of aliphatic hydroxyl groups excluding tert-OH is 14. The SMILES string of the molecule is C/C=C(\NC(=O)[C@H](NC(=O)[C@@H](NC(=O)[C@@H](NC(=O)[C@@H](NC(=O)[C@H](O)[C@H](CCCCCCCCCCCCC)O[C@@H]1OC[C@@H](O)[C@@H](O[C@H]2O[C@@H](C(=O)O)[C@@H](O)[C@@H](O)[C@@H]2O)[C@@H]1O)[C@@H](C)O)[C@H](C)O)[C@@H](C)O)[C@@H](O)c1ccc(O)cc1)C(=O)N[C@@H](CCC(N)=O)C(=O)NCC(=O)N(C)[C@@H](C(=O)N[C@H](CCC(N)=O)C(=O)O)[C@H](C)O[C@H]1O[C@@H](CO)[C@H](O)[C@@H](O)[C@H]1O. The first-order chi connectivity index (χ1) is 57.3. The molecular weight excluding hydrogens is 1630 g/mol. The van der Waals surface area contributed by atoms with Crippen molar-refractivity contribution in [3.8, 4) is 5.75 Å². The minimum Gasteiger partial charge on any atom is -0.508 e. The highest BCUT2D eigenvalue weighted by Crippen LogP contribution is 2.31. The van der Waals surface area contributed by atoms with Gasteiger partial charge in [0.05, 0.1) is 50.3 Å². The van der Waals surface area contributed by atoms with Crippen LogP contribution in [0.5, 0.6) is 5.75 Å². The molecule has 692 valence electrons. The van der Waals surface area contributed by atoms with Gasteiger partial charge >= 0.3 is 11.9 Å². The number of hydrogen-bond donors (Lipinski definition) is 27. The number of hydrogen-bond acceptors (Lipinski definition) is 34. The van der Waals surface area contributed by atoms with E-state index in [2.05, 4.69) is 49.5 Å². The van der Waals surface area contributed by atoms with E-state index in [9.17, 15) is 149 Å². The zero-order valence-corrected chi connectivity index (χ0v) is 68.4. The van der Waals surface area contributed by atoms with Crippen LogP contribution >= 0.6 is 0 Å². The van der Waals surface area contributed by atoms with E-state index >= 15 is 0 Å². The predicted octanol–water partition coefficient (Wildman–Crippen LogP) is -9.94. The Labute approximate surface area is 700 Å². The van der Waals surface area contributed by atoms with Gasteiger partial charge in [-0.2, -0.15) is 0 Å². The lowest BCUT2D eigenvalue weighted by molar-refractivity contribution is -0.349. The highest BCUT2D eigenvalue weighted by molar-refractivity contribution is 6.02. The number of carboxylic acids is 2. The van der Waals surface area contributed by atoms with Crippen LogP contribution in [0, 0.1) is 0 Å². The molecule has 28 atom stereocenters. The van der Waals surface area contributed by atoms with Gasteiger partial charge in [0.1, 0.15) is 121 Å². The third kappa shape index (κ3) is 31.7. The third-order valence-electron chi connectivity index (χ3n) is 20.4. The largest absolute Gasteiger partial charge is 0.508 e. The van der Waals surface area contributed by atoms with Crippen molar-refractivity contribution in [3.05, 3.63) is 41.6 Å². The van der Waals surface area contributed by atoms with Crippen molar-refractivity contribution in [1.82, 2.24) is 47.4 Å². The molecular formula is C75H121N11O36. The Balaban J connectivity index is 1.57. The van der Waals surface area contributed by atoms with Crippen molar-refractivity contribution in [2.75, 3.05) is 26.8 Å². The molecule has 3 aliphatic rings. The smallest absolute Gasteiger partial charge is 0.335 e. The Hall–Kier alpha value is -8.93. The maximum absolute atomic E-state index is 14.5. The second kappa shape index (κ2) is 51.4. The summed E-state index contributed by atoms with van der Waals surface area (Å²) in [5.74, 6) is -18.3. The van der Waals surface area contributed by atoms with Crippen LogP contribution in [0.4, 0.5) is 0 Å². The first-order valence-corrected chi connectivity index (χ1v) is 39.8. The maximum atomic E-state index is 14.5. The van der Waals surface area contributed by atoms with Crippen LogP contribution in [0.15, 0.2) is 36.0 Å². The summed E-state index contributed by atoms with van der Waals surface area (Å²) < 4.78 is 33.3. The second-order valence-electron chi connectivity index (χ2n) is 30.1. The van der Waals surface area contributed by atoms with Crippen molar-refractivity contribution in [2.24, 2.45) is 11.5 Å². The summed E-state index contributed by atoms with van der Waals surface area (Å²) in [7, 11) is 0.959. The number of nitrogens with zero attached hydrogens (tertiary/aromatic N) is 1. The highest BCUT2D eigenvalue weighted by atomic mass is 16.7. The van der Waals surface area contributed by atoms with E-state index in [1.165, 1.54) is 0 Å². The number of phenolic OH excluding ortho intramolecular Hbond substituents is 1. The number of aromatic hydroxyl groups is 1. The van der Waals surface area contributed by atoms with Crippen LogP contribution < -0.4 is 54.0 Å². The molecule has 47 nitrogen and oxygen atoms in total. The van der Waals surface area contributed by atoms with E-state index in [0.29, 0.717) is 17.7 Å². The van der Waals surface area contributed by atoms with Gasteiger partial charge in [-0.3, -0.25) is 52.7 Å². The Morgan fingerprint density at radius 1 is 0.549 bits per heavy atom. The zero-order chi connectivity index (χ0) is 91.9. The molecule has 0 saturated carbocycles. The standard InChI is InChI=1S/C75H121N11O36/c1-8-10-11-12-13-14-15-16-17-18-19-20-42(119-73-60(104)61(41(92)31-117-73)121-75-59(103)56(100)57(101)62(122-75)72(115)116)54(98)70(112)84-49(34(5)90)66(108)82-47(32(3)88)65(107)83-48(33(4)89)67(109)85-50(52(96)36-21-23-37(91)24-22-36)68(110)79-38(9-2)64(106)80-39(25-27-44(76)93)63(105)78-29-46(95)86(7)51(69(111)81-40(71(113)114)26-28-45(77)94)35(6)118-74-58(102)55(99)53(97)43(30-87)120-74/h9,21-24,32-35,39-43,47-62,73-75,87-92,96-104H,8,10-20,25-31H2,1-7H3,(H2,76,93)(H2,77,94)(H,78,105)(H,79,110)(H,80,106)(H,81,111)(H,82,108)(H,83,107)(H,84,112)(H,85,109)(H,113,114)(H,115,116)/b38-9-/t32-,33+,34+,35-,39-,40+,41+,42-,43-,47-,48-,49-,50+,51+,52-,53-,54+,55+,56+,57-,58+,59-,60-,61+,62+,73-,74-,75-/m0/s1. The number of aliphatic carboxylic acids is 2. The molecule has 47 heteroatoms. The van der Waals surface area contributed by atoms with Crippen LogP contribution in [0.2, 0.25) is 0 Å². The Morgan fingerprint density at radius 3 is 1.53 bits per heavy atom. The fourth-order valence-electron chi connectivity index (χ4n) is 13.2. The van der Waals surface area contributed by atoms with E-state index in [0.717, 1.165) is 123 Å². The van der Waals surface area contributed by atoms with Gasteiger partial charge in [0.15, 0.2) is 31.1 Å². The van der Waals surface area contributed by atoms with E-state index in [4.69, 9.17) is 39.9 Å². The summed E-state index contributed by atoms with van der Waals surface area (Å²) in [6, 6.07) is -10.3. The van der Waals surface area contributed by atoms with Crippen molar-refractivity contribution in [1.29, 1.82) is 0 Å². The van der Waals surface area contributed by atoms with Gasteiger partial charge in [0.2, 0.25) is 53.2 Å². The number of carbonyl (C=O) groups excluding carboxylic acids is 11. The molecule has 3 aliphatic heterocycles. The Kier molecular flexibility index (Phi) is 44.4. The minimum atomic E-state index is -2.33. The first kappa shape index (κ1) is 105. The number of unbranched alkanes of at least 4 members (excludes halogenated alkanes) is 10. The van der Waals surface area contributed by atoms with Gasteiger partial charge < -0.3 is 174 Å². The summed E-state index contributed by atoms with van der Waals surface area (Å²) in [6.07, 6.45) is -33.7. The summed E-state index contributed by atoms with van der Waals surface area (Å²) in [5.41, 5.74) is 9.57. The lowest BCUT2D eigenvalue weighted by Crippen LogP contribution is -2.64. The number of nitrogens with two attached hydrogens (primary N) is 2. The summed E-state index contributed by atoms with van der Waals surface area (Å²) >= 11 is 0. The van der Waals surface area contributed by atoms with E-state index in [1.54, 1.807) is 0 Å². The molecule has 3 saturated heterocycles. The van der Waals surface area contributed by atoms with Gasteiger partial charge in [-0.25, -0.2) is 9.59 Å². The third-order valence-corrected chi connectivity index (χ3v) is 20.4. The lowest BCUT2D eigenvalue weighted by atomic mass is 9.98. The topological polar surface area (TPSA) is 773 Å². The summed E-state index contributed by atoms with van der Waals surface area (Å²) in [4.78, 5) is 176. The van der Waals surface area contributed by atoms with Crippen molar-refractivity contribution in [3.63, 3.8) is 0 Å². The number of benzene rings is 1. The molecule has 4 rings (SSSR count). The number of aliphatic hydroxyl groups is 14. The number of allylic oxidation sites excluding steroid dienone is 1. The number of ether oxygens (including phenoxy) is 6. The molecule has 0 unspecified atom stereocenters. The molecule has 1 aromatic carbocycles. The van der Waals surface area contributed by atoms with Crippen LogP contribution in [0.25, 0.3) is 0 Å². The number of carboxylic acid groups (broad SMARTS) is 2. The van der Waals surface area contributed by atoms with E-state index in [1.807, 2.05) is 0 Å². The van der Waals surface area contributed by atoms with Crippen molar-refractivity contribution in [2.45, 2.75) is 315 Å². The first-order valence-electron chi connectivity index (χ1n) is 39.8.